The van der Waals surface area contributed by atoms with E-state index in [2.05, 4.69) is 21.3 Å². The first kappa shape index (κ1) is 8.05. The van der Waals surface area contributed by atoms with Crippen molar-refractivity contribution in [3.63, 3.8) is 0 Å². The number of hydrogen-bond donors (Lipinski definition) is 2. The molecule has 0 bridgehead atoms. The van der Waals surface area contributed by atoms with Crippen molar-refractivity contribution in [2.24, 2.45) is 0 Å². The molecule has 0 spiro atoms. The number of aromatic carboxylic acids is 1. The van der Waals surface area contributed by atoms with Gasteiger partial charge < -0.3 is 10.8 Å². The van der Waals surface area contributed by atoms with Crippen molar-refractivity contribution < 1.29 is 9.90 Å². The van der Waals surface area contributed by atoms with Crippen molar-refractivity contribution >= 4 is 32.6 Å². The molecule has 0 saturated carbocycles. The lowest BCUT2D eigenvalue weighted by Gasteiger charge is -1.99. The van der Waals surface area contributed by atoms with Crippen molar-refractivity contribution in [3.8, 4) is 0 Å². The van der Waals surface area contributed by atoms with Gasteiger partial charge in [-0.15, -0.1) is 0 Å². The molecule has 3 N–H and O–H groups in total. The monoisotopic (exact) mass is 164 g/mol. The van der Waals surface area contributed by atoms with Crippen molar-refractivity contribution in [2.45, 2.75) is 0 Å². The molecule has 5 heteroatoms. The molecule has 0 fully saturated rings. The van der Waals surface area contributed by atoms with E-state index in [0.717, 1.165) is 0 Å². The van der Waals surface area contributed by atoms with E-state index in [9.17, 15) is 4.79 Å². The summed E-state index contributed by atoms with van der Waals surface area (Å²) in [4.78, 5) is 14.2. The quantitative estimate of drug-likeness (QED) is 0.530. The fraction of sp³-hybridized carbons (Fsp3) is 0. The second kappa shape index (κ2) is 2.91. The maximum absolute atomic E-state index is 10.4. The summed E-state index contributed by atoms with van der Waals surface area (Å²) < 4.78 is 0.632. The van der Waals surface area contributed by atoms with Crippen molar-refractivity contribution in [3.05, 3.63) is 17.7 Å². The number of nitrogens with zero attached hydrogens (tertiary/aromatic N) is 1. The summed E-state index contributed by atoms with van der Waals surface area (Å²) in [6.45, 7) is 0. The van der Waals surface area contributed by atoms with Crippen LogP contribution in [0.15, 0.2) is 12.1 Å². The second-order valence-corrected chi connectivity index (χ2v) is 2.57. The van der Waals surface area contributed by atoms with E-state index in [1.165, 1.54) is 6.07 Å². The van der Waals surface area contributed by atoms with E-state index < -0.39 is 5.97 Å². The van der Waals surface area contributed by atoms with E-state index >= 15 is 0 Å². The molecule has 4 nitrogen and oxygen atoms in total. The third-order valence-electron chi connectivity index (χ3n) is 1.18. The van der Waals surface area contributed by atoms with Gasteiger partial charge >= 0.3 is 5.97 Å². The molecule has 0 atom stereocenters. The number of nitrogen functional groups attached to an aromatic ring is 1. The number of nitrogens with two attached hydrogens (primary N) is 1. The summed E-state index contributed by atoms with van der Waals surface area (Å²) in [7, 11) is 0. The molecule has 0 aliphatic carbocycles. The van der Waals surface area contributed by atoms with Gasteiger partial charge in [0.25, 0.3) is 0 Å². The van der Waals surface area contributed by atoms with Crippen molar-refractivity contribution in [1.29, 1.82) is 0 Å². The molecule has 0 amide bonds. The van der Waals surface area contributed by atoms with E-state index in [4.69, 9.17) is 10.8 Å². The zero-order valence-electron chi connectivity index (χ0n) is 5.61. The molecule has 1 aromatic heterocycles. The van der Waals surface area contributed by atoms with Crippen LogP contribution in [0.1, 0.15) is 10.4 Å². The largest absolute Gasteiger partial charge is 0.478 e. The molecule has 0 saturated heterocycles. The second-order valence-electron chi connectivity index (χ2n) is 1.97. The molecule has 1 heterocycles. The maximum atomic E-state index is 10.4. The van der Waals surface area contributed by atoms with E-state index in [1.807, 2.05) is 0 Å². The number of hydrogen-bond acceptors (Lipinski definition) is 3. The molecule has 54 valence electrons. The Balaban J connectivity index is 3.20. The number of rotatable bonds is 1. The Labute approximate surface area is 71.5 Å². The highest BCUT2D eigenvalue weighted by atomic mass is 27.0. The van der Waals surface area contributed by atoms with Gasteiger partial charge in [0, 0.05) is 0 Å². The van der Waals surface area contributed by atoms with Gasteiger partial charge in [0.1, 0.15) is 11.4 Å². The Bertz CT molecular complexity index is 301. The highest BCUT2D eigenvalue weighted by Gasteiger charge is 2.06. The lowest BCUT2D eigenvalue weighted by Crippen LogP contribution is -2.14. The standard InChI is InChI=1S/C6H5N2O2.Al/c7-5-4(6(9)10)2-1-3-8-5;/h1-2H,(H2,7,8)(H,9,10);. The summed E-state index contributed by atoms with van der Waals surface area (Å²) in [5.74, 6) is -1.01. The lowest BCUT2D eigenvalue weighted by atomic mass is 10.2. The van der Waals surface area contributed by atoms with Crippen molar-refractivity contribution in [2.75, 3.05) is 5.73 Å². The Hall–Kier alpha value is -1.05. The molecule has 2 radical (unpaired) electrons. The molecule has 0 aliphatic rings. The topological polar surface area (TPSA) is 76.2 Å². The third-order valence-corrected chi connectivity index (χ3v) is 1.50. The molecule has 0 aromatic carbocycles. The fourth-order valence-corrected chi connectivity index (χ4v) is 0.907. The van der Waals surface area contributed by atoms with Crippen LogP contribution in [0.25, 0.3) is 0 Å². The summed E-state index contributed by atoms with van der Waals surface area (Å²) in [5, 5.41) is 8.53. The smallest absolute Gasteiger partial charge is 0.339 e. The highest BCUT2D eigenvalue weighted by molar-refractivity contribution is 6.30. The van der Waals surface area contributed by atoms with Gasteiger partial charge in [-0.05, 0) is 6.07 Å². The van der Waals surface area contributed by atoms with E-state index in [1.54, 1.807) is 6.07 Å². The van der Waals surface area contributed by atoms with Gasteiger partial charge in [-0.1, -0.05) is 10.6 Å². The van der Waals surface area contributed by atoms with Gasteiger partial charge in [-0.3, -0.25) is 4.98 Å². The van der Waals surface area contributed by atoms with Gasteiger partial charge in [-0.2, -0.15) is 0 Å². The first-order valence-corrected chi connectivity index (χ1v) is 3.44. The normalized spacial score (nSPS) is 9.45. The molecular formula is C6H5AlN2O2. The SMILES string of the molecule is Nc1n[c]([Al])ccc1C(=O)O. The Morgan fingerprint density at radius 1 is 1.64 bits per heavy atom. The Morgan fingerprint density at radius 3 is 2.73 bits per heavy atom. The predicted octanol–water partition coefficient (Wildman–Crippen LogP) is -0.844. The summed E-state index contributed by atoms with van der Waals surface area (Å²) >= 11 is 2.33. The van der Waals surface area contributed by atoms with Gasteiger partial charge in [0.2, 0.25) is 16.3 Å². The Kier molecular flexibility index (Phi) is 2.13. The van der Waals surface area contributed by atoms with Crippen LogP contribution < -0.4 is 10.3 Å². The van der Waals surface area contributed by atoms with Crippen LogP contribution in [0, 0.1) is 0 Å². The van der Waals surface area contributed by atoms with Gasteiger partial charge in [0.15, 0.2) is 0 Å². The van der Waals surface area contributed by atoms with Crippen LogP contribution in [-0.2, 0) is 0 Å². The van der Waals surface area contributed by atoms with Crippen LogP contribution >= 0.6 is 0 Å². The number of carboxylic acid groups (broad SMARTS) is 1. The predicted molar refractivity (Wildman–Crippen MR) is 41.0 cm³/mol. The number of carboxylic acids is 1. The minimum Gasteiger partial charge on any atom is -0.478 e. The molecular weight excluding hydrogens is 159 g/mol. The minimum absolute atomic E-state index is 0.0381. The maximum Gasteiger partial charge on any atom is 0.339 e. The Morgan fingerprint density at radius 2 is 2.27 bits per heavy atom. The number of aromatic nitrogens is 1. The summed E-state index contributed by atoms with van der Waals surface area (Å²) in [6.07, 6.45) is 0. The van der Waals surface area contributed by atoms with Crippen molar-refractivity contribution in [1.82, 2.24) is 4.98 Å². The van der Waals surface area contributed by atoms with E-state index in [-0.39, 0.29) is 11.4 Å². The zero-order chi connectivity index (χ0) is 8.43. The zero-order valence-corrected chi connectivity index (χ0v) is 6.77. The van der Waals surface area contributed by atoms with Gasteiger partial charge in [0.05, 0.1) is 0 Å². The molecule has 1 rings (SSSR count). The average Bonchev–Trinajstić information content (AvgIpc) is 1.85. The molecule has 11 heavy (non-hydrogen) atoms. The van der Waals surface area contributed by atoms with E-state index in [0.29, 0.717) is 4.56 Å². The third kappa shape index (κ3) is 1.70. The summed E-state index contributed by atoms with van der Waals surface area (Å²) in [5.41, 5.74) is 5.36. The molecule has 0 unspecified atom stereocenters. The first-order chi connectivity index (χ1) is 5.11. The number of anilines is 1. The fourth-order valence-electron chi connectivity index (χ4n) is 0.672. The van der Waals surface area contributed by atoms with Crippen LogP contribution in [0.2, 0.25) is 0 Å². The van der Waals surface area contributed by atoms with Crippen LogP contribution in [0.5, 0.6) is 0 Å². The van der Waals surface area contributed by atoms with Crippen LogP contribution in [-0.4, -0.2) is 32.4 Å². The number of carbonyl (C=O) groups is 1. The highest BCUT2D eigenvalue weighted by Crippen LogP contribution is 2.03. The molecule has 1 aromatic rings. The lowest BCUT2D eigenvalue weighted by molar-refractivity contribution is 0.0698. The summed E-state index contributed by atoms with van der Waals surface area (Å²) in [6, 6.07) is 3.00. The van der Waals surface area contributed by atoms with Crippen LogP contribution in [0.3, 0.4) is 0 Å². The average molecular weight is 164 g/mol. The minimum atomic E-state index is -1.06. The van der Waals surface area contributed by atoms with Crippen LogP contribution in [0.4, 0.5) is 5.82 Å². The van der Waals surface area contributed by atoms with Gasteiger partial charge in [-0.25, -0.2) is 4.79 Å². The first-order valence-electron chi connectivity index (χ1n) is 2.86. The number of pyridine rings is 1. The molecule has 0 aliphatic heterocycles.